The number of carbonyl (C=O) groups is 3. The van der Waals surface area contributed by atoms with E-state index in [0.29, 0.717) is 43.5 Å². The maximum atomic E-state index is 13.3. The lowest BCUT2D eigenvalue weighted by Gasteiger charge is -2.24. The summed E-state index contributed by atoms with van der Waals surface area (Å²) in [7, 11) is 1.55. The van der Waals surface area contributed by atoms with Gasteiger partial charge in [-0.1, -0.05) is 11.3 Å². The Bertz CT molecular complexity index is 1110. The molecule has 12 heteroatoms. The fraction of sp³-hybridized carbons (Fsp3) is 0.458. The van der Waals surface area contributed by atoms with Gasteiger partial charge in [0.05, 0.1) is 42.7 Å². The maximum absolute atomic E-state index is 13.3. The number of halogens is 1. The van der Waals surface area contributed by atoms with Crippen LogP contribution in [-0.2, 0) is 23.8 Å². The highest BCUT2D eigenvalue weighted by molar-refractivity contribution is 9.11. The third-order valence-corrected chi connectivity index (χ3v) is 7.39. The normalized spacial score (nSPS) is 20.5. The largest absolute Gasteiger partial charge is 0.413 e. The molecule has 3 heterocycles. The zero-order valence-electron chi connectivity index (χ0n) is 20.0. The number of hydrogen-bond donors (Lipinski definition) is 1. The number of amides is 3. The lowest BCUT2D eigenvalue weighted by Crippen LogP contribution is -2.46. The molecule has 1 N–H and O–H groups in total. The van der Waals surface area contributed by atoms with E-state index in [2.05, 4.69) is 21.2 Å². The van der Waals surface area contributed by atoms with E-state index in [0.717, 1.165) is 15.0 Å². The van der Waals surface area contributed by atoms with Crippen molar-refractivity contribution in [2.75, 3.05) is 56.4 Å². The summed E-state index contributed by atoms with van der Waals surface area (Å²) in [6, 6.07) is 8.33. The second-order valence-electron chi connectivity index (χ2n) is 8.31. The Kier molecular flexibility index (Phi) is 8.96. The highest BCUT2D eigenvalue weighted by Gasteiger charge is 2.43. The number of methoxy groups -OCH3 is 1. The molecule has 36 heavy (non-hydrogen) atoms. The molecule has 2 saturated heterocycles. The molecule has 2 aliphatic rings. The minimum absolute atomic E-state index is 0.00718. The molecule has 2 unspecified atom stereocenters. The second kappa shape index (κ2) is 12.2. The van der Waals surface area contributed by atoms with Crippen LogP contribution in [0.25, 0.3) is 0 Å². The van der Waals surface area contributed by atoms with Crippen molar-refractivity contribution >= 4 is 56.5 Å². The van der Waals surface area contributed by atoms with Crippen molar-refractivity contribution in [2.24, 2.45) is 0 Å². The molecule has 0 saturated carbocycles. The summed E-state index contributed by atoms with van der Waals surface area (Å²) in [6.45, 7) is 3.98. The molecular weight excluding hydrogens is 554 g/mol. The molecule has 0 aliphatic carbocycles. The Labute approximate surface area is 221 Å². The molecular formula is C24H28BrN3O7S. The van der Waals surface area contributed by atoms with Crippen LogP contribution < -0.4 is 19.9 Å². The van der Waals surface area contributed by atoms with E-state index in [-0.39, 0.29) is 25.0 Å². The molecule has 2 aromatic rings. The Morgan fingerprint density at radius 2 is 2.03 bits per heavy atom. The number of benzene rings is 1. The van der Waals surface area contributed by atoms with E-state index >= 15 is 0 Å². The fourth-order valence-electron chi connectivity index (χ4n) is 4.17. The van der Waals surface area contributed by atoms with E-state index in [1.165, 1.54) is 11.3 Å². The summed E-state index contributed by atoms with van der Waals surface area (Å²) in [5.74, 6) is -0.269. The highest BCUT2D eigenvalue weighted by atomic mass is 79.9. The van der Waals surface area contributed by atoms with Crippen LogP contribution in [0.15, 0.2) is 34.1 Å². The lowest BCUT2D eigenvalue weighted by molar-refractivity contribution is -0.128. The zero-order valence-corrected chi connectivity index (χ0v) is 22.4. The molecule has 3 amide bonds. The first-order chi connectivity index (χ1) is 17.4. The number of ether oxygens (including phenoxy) is 4. The van der Waals surface area contributed by atoms with Crippen molar-refractivity contribution in [2.45, 2.75) is 25.5 Å². The number of aryl methyl sites for hydroxylation is 1. The number of hydrogen-bond acceptors (Lipinski definition) is 8. The molecule has 0 bridgehead atoms. The molecule has 10 nitrogen and oxygen atoms in total. The van der Waals surface area contributed by atoms with Crippen LogP contribution in [0.1, 0.15) is 12.0 Å². The van der Waals surface area contributed by atoms with Gasteiger partial charge in [0.2, 0.25) is 5.91 Å². The molecule has 2 aliphatic heterocycles. The fourth-order valence-corrected chi connectivity index (χ4v) is 5.37. The van der Waals surface area contributed by atoms with Crippen LogP contribution in [0.2, 0.25) is 0 Å². The van der Waals surface area contributed by atoms with Crippen molar-refractivity contribution in [1.29, 1.82) is 0 Å². The third-order valence-electron chi connectivity index (χ3n) is 5.89. The second-order valence-corrected chi connectivity index (χ2v) is 10.7. The summed E-state index contributed by atoms with van der Waals surface area (Å²) in [5, 5.41) is 3.20. The van der Waals surface area contributed by atoms with Crippen LogP contribution in [-0.4, -0.2) is 76.7 Å². The molecule has 2 atom stereocenters. The SMILES string of the molecule is COCCOC1C(=O)N(c2ccc(N3CCOCCC3=O)c(C)c2)CC1NC(=O)Oc1ccc(Br)s1. The van der Waals surface area contributed by atoms with E-state index in [1.807, 2.05) is 19.1 Å². The predicted molar refractivity (Wildman–Crippen MR) is 138 cm³/mol. The molecule has 4 rings (SSSR count). The summed E-state index contributed by atoms with van der Waals surface area (Å²) >= 11 is 4.61. The van der Waals surface area contributed by atoms with Gasteiger partial charge in [0.1, 0.15) is 0 Å². The van der Waals surface area contributed by atoms with Crippen molar-refractivity contribution < 1.29 is 33.3 Å². The number of nitrogens with one attached hydrogen (secondary N) is 1. The van der Waals surface area contributed by atoms with Gasteiger partial charge in [-0.2, -0.15) is 0 Å². The first-order valence-electron chi connectivity index (χ1n) is 11.5. The molecule has 1 aromatic heterocycles. The summed E-state index contributed by atoms with van der Waals surface area (Å²) in [4.78, 5) is 41.7. The summed E-state index contributed by atoms with van der Waals surface area (Å²) in [6.07, 6.45) is -1.23. The standard InChI is InChI=1S/C24H28BrN3O7S/c1-15-13-16(3-4-18(15)27-8-10-33-9-7-20(27)29)28-14-17(22(23(28)30)34-12-11-32-2)26-24(31)35-21-6-5-19(25)36-21/h3-6,13,17,22H,7-12,14H2,1-2H3,(H,26,31). The number of rotatable bonds is 8. The first-order valence-corrected chi connectivity index (χ1v) is 13.1. The Balaban J connectivity index is 1.50. The molecule has 1 aromatic carbocycles. The average molecular weight is 582 g/mol. The van der Waals surface area contributed by atoms with Crippen LogP contribution in [0.4, 0.5) is 16.2 Å². The molecule has 0 spiro atoms. The quantitative estimate of drug-likeness (QED) is 0.477. The van der Waals surface area contributed by atoms with Crippen LogP contribution >= 0.6 is 27.3 Å². The highest BCUT2D eigenvalue weighted by Crippen LogP contribution is 2.31. The van der Waals surface area contributed by atoms with E-state index in [4.69, 9.17) is 18.9 Å². The molecule has 194 valence electrons. The van der Waals surface area contributed by atoms with E-state index in [1.54, 1.807) is 35.1 Å². The van der Waals surface area contributed by atoms with Gasteiger partial charge in [0.15, 0.2) is 11.2 Å². The summed E-state index contributed by atoms with van der Waals surface area (Å²) < 4.78 is 22.4. The summed E-state index contributed by atoms with van der Waals surface area (Å²) in [5.41, 5.74) is 2.29. The van der Waals surface area contributed by atoms with Crippen molar-refractivity contribution in [3.63, 3.8) is 0 Å². The number of thiophene rings is 1. The van der Waals surface area contributed by atoms with Gasteiger partial charge in [-0.15, -0.1) is 0 Å². The van der Waals surface area contributed by atoms with E-state index < -0.39 is 18.2 Å². The monoisotopic (exact) mass is 581 g/mol. The minimum Gasteiger partial charge on any atom is -0.399 e. The van der Waals surface area contributed by atoms with Gasteiger partial charge in [-0.3, -0.25) is 9.59 Å². The van der Waals surface area contributed by atoms with Crippen LogP contribution in [0.5, 0.6) is 5.06 Å². The molecule has 2 fully saturated rings. The number of carbonyl (C=O) groups excluding carboxylic acids is 3. The number of anilines is 2. The van der Waals surface area contributed by atoms with E-state index in [9.17, 15) is 14.4 Å². The van der Waals surface area contributed by atoms with Gasteiger partial charge in [0, 0.05) is 31.6 Å². The first kappa shape index (κ1) is 26.6. The van der Waals surface area contributed by atoms with Gasteiger partial charge >= 0.3 is 6.09 Å². The van der Waals surface area contributed by atoms with Crippen LogP contribution in [0, 0.1) is 6.92 Å². The van der Waals surface area contributed by atoms with Gasteiger partial charge < -0.3 is 34.1 Å². The predicted octanol–water partition coefficient (Wildman–Crippen LogP) is 3.11. The van der Waals surface area contributed by atoms with Crippen LogP contribution in [0.3, 0.4) is 0 Å². The Hall–Kier alpha value is -2.51. The molecule has 0 radical (unpaired) electrons. The Morgan fingerprint density at radius 1 is 1.19 bits per heavy atom. The Morgan fingerprint density at radius 3 is 2.75 bits per heavy atom. The smallest absolute Gasteiger partial charge is 0.399 e. The maximum Gasteiger partial charge on any atom is 0.413 e. The van der Waals surface area contributed by atoms with Crippen molar-refractivity contribution in [3.05, 3.63) is 39.7 Å². The zero-order chi connectivity index (χ0) is 25.7. The van der Waals surface area contributed by atoms with Gasteiger partial charge in [-0.05, 0) is 58.7 Å². The van der Waals surface area contributed by atoms with Gasteiger partial charge in [0.25, 0.3) is 5.91 Å². The van der Waals surface area contributed by atoms with Crippen molar-refractivity contribution in [3.8, 4) is 5.06 Å². The minimum atomic E-state index is -0.896. The lowest BCUT2D eigenvalue weighted by atomic mass is 10.1. The number of nitrogens with zero attached hydrogens (tertiary/aromatic N) is 2. The average Bonchev–Trinajstić information content (AvgIpc) is 3.30. The third kappa shape index (κ3) is 6.24. The van der Waals surface area contributed by atoms with Crippen molar-refractivity contribution in [1.82, 2.24) is 5.32 Å². The topological polar surface area (TPSA) is 107 Å². The van der Waals surface area contributed by atoms with Gasteiger partial charge in [-0.25, -0.2) is 4.79 Å².